The number of amides is 1. The van der Waals surface area contributed by atoms with Crippen LogP contribution in [0.3, 0.4) is 0 Å². The molecule has 0 aromatic heterocycles. The summed E-state index contributed by atoms with van der Waals surface area (Å²) in [5.74, 6) is -0.514. The highest BCUT2D eigenvalue weighted by molar-refractivity contribution is 5.91. The molecule has 0 radical (unpaired) electrons. The molecule has 0 atom stereocenters. The van der Waals surface area contributed by atoms with Gasteiger partial charge in [0.15, 0.2) is 11.5 Å². The van der Waals surface area contributed by atoms with Gasteiger partial charge in [-0.1, -0.05) is 0 Å². The Morgan fingerprint density at radius 1 is 1.04 bits per heavy atom. The van der Waals surface area contributed by atoms with Crippen molar-refractivity contribution in [1.82, 2.24) is 0 Å². The highest BCUT2D eigenvalue weighted by Crippen LogP contribution is 2.32. The van der Waals surface area contributed by atoms with Gasteiger partial charge in [-0.3, -0.25) is 4.79 Å². The van der Waals surface area contributed by atoms with E-state index in [0.29, 0.717) is 31.3 Å². The van der Waals surface area contributed by atoms with Gasteiger partial charge in [0, 0.05) is 30.8 Å². The van der Waals surface area contributed by atoms with Crippen molar-refractivity contribution < 1.29 is 23.0 Å². The lowest BCUT2D eigenvalue weighted by Gasteiger charge is -2.19. The number of anilines is 2. The minimum absolute atomic E-state index is 0.0410. The van der Waals surface area contributed by atoms with E-state index in [1.807, 2.05) is 6.07 Å². The largest absolute Gasteiger partial charge is 0.486 e. The van der Waals surface area contributed by atoms with E-state index in [1.54, 1.807) is 12.1 Å². The number of fused-ring (bicyclic) bond motifs is 1. The minimum atomic E-state index is -0.803. The van der Waals surface area contributed by atoms with E-state index in [9.17, 15) is 13.6 Å². The average molecular weight is 334 g/mol. The van der Waals surface area contributed by atoms with Crippen LogP contribution in [0.15, 0.2) is 36.4 Å². The van der Waals surface area contributed by atoms with E-state index >= 15 is 0 Å². The molecule has 7 heteroatoms. The van der Waals surface area contributed by atoms with Crippen molar-refractivity contribution >= 4 is 17.3 Å². The summed E-state index contributed by atoms with van der Waals surface area (Å²) in [5.41, 5.74) is 0.751. The summed E-state index contributed by atoms with van der Waals surface area (Å²) < 4.78 is 37.2. The molecule has 3 rings (SSSR count). The van der Waals surface area contributed by atoms with Crippen LogP contribution in [0.1, 0.15) is 6.42 Å². The smallest absolute Gasteiger partial charge is 0.226 e. The second kappa shape index (κ2) is 7.16. The standard InChI is InChI=1S/C17H16F2N2O3/c18-11-1-3-14(13(19)9-11)21-17(22)5-6-20-12-2-4-15-16(10-12)24-8-7-23-15/h1-4,9-10,20H,5-8H2,(H,21,22). The van der Waals surface area contributed by atoms with Crippen LogP contribution in [0, 0.1) is 11.6 Å². The summed E-state index contributed by atoms with van der Waals surface area (Å²) in [4.78, 5) is 11.8. The second-order valence-corrected chi connectivity index (χ2v) is 5.21. The SMILES string of the molecule is O=C(CCNc1ccc2c(c1)OCCO2)Nc1ccc(F)cc1F. The molecule has 1 aliphatic rings. The molecule has 2 N–H and O–H groups in total. The fraction of sp³-hybridized carbons (Fsp3) is 0.235. The summed E-state index contributed by atoms with van der Waals surface area (Å²) >= 11 is 0. The fourth-order valence-corrected chi connectivity index (χ4v) is 2.28. The zero-order chi connectivity index (χ0) is 16.9. The lowest BCUT2D eigenvalue weighted by Crippen LogP contribution is -2.17. The van der Waals surface area contributed by atoms with E-state index in [4.69, 9.17) is 9.47 Å². The third kappa shape index (κ3) is 3.92. The van der Waals surface area contributed by atoms with Gasteiger partial charge >= 0.3 is 0 Å². The molecular weight excluding hydrogens is 318 g/mol. The molecule has 0 unspecified atom stereocenters. The summed E-state index contributed by atoms with van der Waals surface area (Å²) in [6, 6.07) is 8.42. The lowest BCUT2D eigenvalue weighted by molar-refractivity contribution is -0.116. The maximum absolute atomic E-state index is 13.5. The normalized spacial score (nSPS) is 12.6. The van der Waals surface area contributed by atoms with E-state index in [2.05, 4.69) is 10.6 Å². The summed E-state index contributed by atoms with van der Waals surface area (Å²) in [7, 11) is 0. The minimum Gasteiger partial charge on any atom is -0.486 e. The van der Waals surface area contributed by atoms with Gasteiger partial charge < -0.3 is 20.1 Å². The van der Waals surface area contributed by atoms with Crippen molar-refractivity contribution in [3.05, 3.63) is 48.0 Å². The Kier molecular flexibility index (Phi) is 4.79. The van der Waals surface area contributed by atoms with Crippen LogP contribution in [0.4, 0.5) is 20.2 Å². The molecule has 0 spiro atoms. The number of benzene rings is 2. The monoisotopic (exact) mass is 334 g/mol. The van der Waals surface area contributed by atoms with Gasteiger partial charge in [-0.2, -0.15) is 0 Å². The van der Waals surface area contributed by atoms with Gasteiger partial charge in [0.1, 0.15) is 24.8 Å². The summed E-state index contributed by atoms with van der Waals surface area (Å²) in [6.07, 6.45) is 0.130. The quantitative estimate of drug-likeness (QED) is 0.882. The number of hydrogen-bond acceptors (Lipinski definition) is 4. The first-order valence-corrected chi connectivity index (χ1v) is 7.50. The van der Waals surface area contributed by atoms with Crippen molar-refractivity contribution in [1.29, 1.82) is 0 Å². The molecule has 0 fully saturated rings. The van der Waals surface area contributed by atoms with Gasteiger partial charge in [-0.15, -0.1) is 0 Å². The van der Waals surface area contributed by atoms with Crippen LogP contribution < -0.4 is 20.1 Å². The summed E-state index contributed by atoms with van der Waals surface area (Å²) in [5, 5.41) is 5.49. The van der Waals surface area contributed by atoms with Gasteiger partial charge in [-0.05, 0) is 24.3 Å². The van der Waals surface area contributed by atoms with Gasteiger partial charge in [0.05, 0.1) is 5.69 Å². The molecule has 0 aliphatic carbocycles. The van der Waals surface area contributed by atoms with Gasteiger partial charge in [0.25, 0.3) is 0 Å². The molecule has 2 aromatic rings. The maximum Gasteiger partial charge on any atom is 0.226 e. The third-order valence-electron chi connectivity index (χ3n) is 3.43. The number of ether oxygens (including phenoxy) is 2. The van der Waals surface area contributed by atoms with E-state index in [-0.39, 0.29) is 18.0 Å². The zero-order valence-corrected chi connectivity index (χ0v) is 12.8. The third-order valence-corrected chi connectivity index (χ3v) is 3.43. The van der Waals surface area contributed by atoms with Crippen LogP contribution in [0.2, 0.25) is 0 Å². The molecule has 1 heterocycles. The number of rotatable bonds is 5. The zero-order valence-electron chi connectivity index (χ0n) is 12.8. The first kappa shape index (κ1) is 16.0. The van der Waals surface area contributed by atoms with E-state index < -0.39 is 11.6 Å². The number of carbonyl (C=O) groups is 1. The Balaban J connectivity index is 1.50. The van der Waals surface area contributed by atoms with Crippen molar-refractivity contribution in [3.8, 4) is 11.5 Å². The highest BCUT2D eigenvalue weighted by Gasteiger charge is 2.12. The van der Waals surface area contributed by atoms with Crippen molar-refractivity contribution in [2.24, 2.45) is 0 Å². The number of nitrogens with one attached hydrogen (secondary N) is 2. The lowest BCUT2D eigenvalue weighted by atomic mass is 10.2. The fourth-order valence-electron chi connectivity index (χ4n) is 2.28. The van der Waals surface area contributed by atoms with Crippen LogP contribution in [-0.2, 0) is 4.79 Å². The Morgan fingerprint density at radius 3 is 2.62 bits per heavy atom. The van der Waals surface area contributed by atoms with Gasteiger partial charge in [-0.25, -0.2) is 8.78 Å². The molecule has 0 saturated heterocycles. The van der Waals surface area contributed by atoms with E-state index in [0.717, 1.165) is 17.8 Å². The summed E-state index contributed by atoms with van der Waals surface area (Å²) in [6.45, 7) is 1.39. The molecule has 5 nitrogen and oxygen atoms in total. The predicted octanol–water partition coefficient (Wildman–Crippen LogP) is 3.18. The molecule has 2 aromatic carbocycles. The number of halogens is 2. The maximum atomic E-state index is 13.5. The Labute approximate surface area is 137 Å². The first-order valence-electron chi connectivity index (χ1n) is 7.50. The Hall–Kier alpha value is -2.83. The average Bonchev–Trinajstić information content (AvgIpc) is 2.57. The van der Waals surface area contributed by atoms with Gasteiger partial charge in [0.2, 0.25) is 5.91 Å². The van der Waals surface area contributed by atoms with Crippen LogP contribution in [0.5, 0.6) is 11.5 Å². The number of hydrogen-bond donors (Lipinski definition) is 2. The number of carbonyl (C=O) groups excluding carboxylic acids is 1. The van der Waals surface area contributed by atoms with Crippen LogP contribution in [0.25, 0.3) is 0 Å². The highest BCUT2D eigenvalue weighted by atomic mass is 19.1. The Morgan fingerprint density at radius 2 is 1.83 bits per heavy atom. The van der Waals surface area contributed by atoms with E-state index in [1.165, 1.54) is 6.07 Å². The van der Waals surface area contributed by atoms with Crippen molar-refractivity contribution in [2.45, 2.75) is 6.42 Å². The second-order valence-electron chi connectivity index (χ2n) is 5.21. The van der Waals surface area contributed by atoms with Crippen molar-refractivity contribution in [2.75, 3.05) is 30.4 Å². The molecule has 126 valence electrons. The predicted molar refractivity (Wildman–Crippen MR) is 85.5 cm³/mol. The van der Waals surface area contributed by atoms with Crippen LogP contribution in [-0.4, -0.2) is 25.7 Å². The molecule has 1 aliphatic heterocycles. The molecule has 1 amide bonds. The first-order chi connectivity index (χ1) is 11.6. The molecule has 24 heavy (non-hydrogen) atoms. The molecule has 0 bridgehead atoms. The topological polar surface area (TPSA) is 59.6 Å². The molecule has 0 saturated carbocycles. The van der Waals surface area contributed by atoms with Crippen LogP contribution >= 0.6 is 0 Å². The molecular formula is C17H16F2N2O3. The van der Waals surface area contributed by atoms with Crippen molar-refractivity contribution in [3.63, 3.8) is 0 Å². The Bertz CT molecular complexity index is 753.